The van der Waals surface area contributed by atoms with E-state index in [1.54, 1.807) is 11.8 Å². The van der Waals surface area contributed by atoms with Crippen LogP contribution >= 0.6 is 11.8 Å². The molecule has 2 nitrogen and oxygen atoms in total. The summed E-state index contributed by atoms with van der Waals surface area (Å²) >= 11 is 1.73. The minimum absolute atomic E-state index is 0.500. The number of likely N-dealkylation sites (tertiary alicyclic amines) is 1. The molecule has 1 spiro atoms. The second-order valence-corrected chi connectivity index (χ2v) is 6.65. The lowest BCUT2D eigenvalue weighted by Crippen LogP contribution is -2.59. The number of β-amino-alcohol motifs (C(OH)–C–C–N with tert-alkyl or cyclic N) is 1. The van der Waals surface area contributed by atoms with Crippen molar-refractivity contribution < 1.29 is 5.11 Å². The first kappa shape index (κ1) is 11.7. The molecule has 2 rings (SSSR count). The first-order valence-corrected chi connectivity index (χ1v) is 7.38. The number of hydrogen-bond acceptors (Lipinski definition) is 3. The molecule has 0 aromatic carbocycles. The highest BCUT2D eigenvalue weighted by Gasteiger charge is 2.45. The first-order valence-electron chi connectivity index (χ1n) is 5.99. The molecule has 1 N–H and O–H groups in total. The van der Waals surface area contributed by atoms with Crippen LogP contribution in [0.25, 0.3) is 0 Å². The van der Waals surface area contributed by atoms with Gasteiger partial charge in [0.2, 0.25) is 0 Å². The first-order chi connectivity index (χ1) is 7.05. The SMILES string of the molecule is CSCC(C)(O)CN1CC2(CCCC2)C1. The maximum atomic E-state index is 10.1. The third-order valence-electron chi connectivity index (χ3n) is 3.80. The highest BCUT2D eigenvalue weighted by atomic mass is 32.2. The quantitative estimate of drug-likeness (QED) is 0.797. The molecule has 3 heteroatoms. The maximum Gasteiger partial charge on any atom is 0.0835 e. The van der Waals surface area contributed by atoms with Crippen LogP contribution in [0.1, 0.15) is 32.6 Å². The average molecular weight is 229 g/mol. The van der Waals surface area contributed by atoms with Crippen LogP contribution < -0.4 is 0 Å². The second-order valence-electron chi connectivity index (χ2n) is 5.78. The van der Waals surface area contributed by atoms with Gasteiger partial charge in [-0.3, -0.25) is 4.90 Å². The van der Waals surface area contributed by atoms with Gasteiger partial charge in [-0.25, -0.2) is 0 Å². The van der Waals surface area contributed by atoms with Crippen molar-refractivity contribution in [3.8, 4) is 0 Å². The third kappa shape index (κ3) is 2.69. The Kier molecular flexibility index (Phi) is 3.34. The monoisotopic (exact) mass is 229 g/mol. The highest BCUT2D eigenvalue weighted by Crippen LogP contribution is 2.45. The summed E-state index contributed by atoms with van der Waals surface area (Å²) in [4.78, 5) is 2.43. The molecule has 0 amide bonds. The van der Waals surface area contributed by atoms with Crippen LogP contribution in [-0.4, -0.2) is 47.3 Å². The van der Waals surface area contributed by atoms with Crippen LogP contribution in [0, 0.1) is 5.41 Å². The maximum absolute atomic E-state index is 10.1. The average Bonchev–Trinajstić information content (AvgIpc) is 2.51. The van der Waals surface area contributed by atoms with Crippen molar-refractivity contribution in [1.82, 2.24) is 4.90 Å². The Morgan fingerprint density at radius 2 is 1.93 bits per heavy atom. The molecule has 2 aliphatic rings. The van der Waals surface area contributed by atoms with Gasteiger partial charge in [0.1, 0.15) is 0 Å². The van der Waals surface area contributed by atoms with Crippen molar-refractivity contribution >= 4 is 11.8 Å². The summed E-state index contributed by atoms with van der Waals surface area (Å²) in [5.74, 6) is 0.844. The van der Waals surface area contributed by atoms with E-state index in [0.717, 1.165) is 12.3 Å². The summed E-state index contributed by atoms with van der Waals surface area (Å²) in [6.45, 7) is 5.29. The van der Waals surface area contributed by atoms with Gasteiger partial charge >= 0.3 is 0 Å². The molecular weight excluding hydrogens is 206 g/mol. The van der Waals surface area contributed by atoms with Gasteiger partial charge in [0.15, 0.2) is 0 Å². The lowest BCUT2D eigenvalue weighted by molar-refractivity contribution is -0.0489. The summed E-state index contributed by atoms with van der Waals surface area (Å²) in [7, 11) is 0. The van der Waals surface area contributed by atoms with Gasteiger partial charge in [0.25, 0.3) is 0 Å². The van der Waals surface area contributed by atoms with E-state index in [1.807, 2.05) is 6.92 Å². The lowest BCUT2D eigenvalue weighted by atomic mass is 9.78. The van der Waals surface area contributed by atoms with Crippen LogP contribution in [0.5, 0.6) is 0 Å². The standard InChI is InChI=1S/C12H23NOS/c1-11(14,10-15-2)7-13-8-12(9-13)5-3-4-6-12/h14H,3-10H2,1-2H3. The molecule has 1 unspecified atom stereocenters. The van der Waals surface area contributed by atoms with Gasteiger partial charge in [-0.15, -0.1) is 0 Å². The van der Waals surface area contributed by atoms with Crippen LogP contribution in [0.15, 0.2) is 0 Å². The molecule has 1 aliphatic heterocycles. The number of hydrogen-bond donors (Lipinski definition) is 1. The smallest absolute Gasteiger partial charge is 0.0835 e. The molecule has 15 heavy (non-hydrogen) atoms. The molecule has 1 atom stereocenters. The second kappa shape index (κ2) is 4.27. The van der Waals surface area contributed by atoms with E-state index >= 15 is 0 Å². The van der Waals surface area contributed by atoms with Crippen LogP contribution in [0.2, 0.25) is 0 Å². The van der Waals surface area contributed by atoms with Crippen molar-refractivity contribution in [3.05, 3.63) is 0 Å². The predicted molar refractivity (Wildman–Crippen MR) is 66.3 cm³/mol. The summed E-state index contributed by atoms with van der Waals surface area (Å²) in [5.41, 5.74) is 0.162. The van der Waals surface area contributed by atoms with Crippen molar-refractivity contribution in [2.24, 2.45) is 5.41 Å². The Bertz CT molecular complexity index is 216. The van der Waals surface area contributed by atoms with Crippen molar-refractivity contribution in [1.29, 1.82) is 0 Å². The Morgan fingerprint density at radius 3 is 2.47 bits per heavy atom. The largest absolute Gasteiger partial charge is 0.388 e. The zero-order chi connectivity index (χ0) is 10.9. The minimum atomic E-state index is -0.500. The third-order valence-corrected chi connectivity index (χ3v) is 4.71. The number of aliphatic hydroxyl groups is 1. The van der Waals surface area contributed by atoms with Crippen molar-refractivity contribution in [3.63, 3.8) is 0 Å². The fourth-order valence-electron chi connectivity index (χ4n) is 3.29. The molecule has 88 valence electrons. The highest BCUT2D eigenvalue weighted by molar-refractivity contribution is 7.98. The van der Waals surface area contributed by atoms with Gasteiger partial charge in [0.05, 0.1) is 5.60 Å². The topological polar surface area (TPSA) is 23.5 Å². The van der Waals surface area contributed by atoms with Crippen LogP contribution in [0.3, 0.4) is 0 Å². The van der Waals surface area contributed by atoms with Gasteiger partial charge in [0, 0.05) is 25.4 Å². The van der Waals surface area contributed by atoms with E-state index in [-0.39, 0.29) is 0 Å². The Labute approximate surface area is 97.4 Å². The van der Waals surface area contributed by atoms with Gasteiger partial charge in [-0.1, -0.05) is 12.8 Å². The van der Waals surface area contributed by atoms with Crippen molar-refractivity contribution in [2.45, 2.75) is 38.2 Å². The molecule has 0 aromatic rings. The van der Waals surface area contributed by atoms with E-state index < -0.39 is 5.60 Å². The molecule has 2 fully saturated rings. The number of rotatable bonds is 4. The van der Waals surface area contributed by atoms with Crippen LogP contribution in [0.4, 0.5) is 0 Å². The fourth-order valence-corrected chi connectivity index (χ4v) is 4.01. The predicted octanol–water partition coefficient (Wildman–Crippen LogP) is 1.98. The summed E-state index contributed by atoms with van der Waals surface area (Å²) in [6, 6.07) is 0. The molecule has 0 aromatic heterocycles. The molecule has 1 saturated heterocycles. The zero-order valence-corrected chi connectivity index (χ0v) is 10.8. The molecular formula is C12H23NOS. The van der Waals surface area contributed by atoms with E-state index in [9.17, 15) is 5.11 Å². The van der Waals surface area contributed by atoms with Gasteiger partial charge < -0.3 is 5.11 Å². The number of thioether (sulfide) groups is 1. The van der Waals surface area contributed by atoms with Crippen molar-refractivity contribution in [2.75, 3.05) is 31.6 Å². The Hall–Kier alpha value is 0.270. The molecule has 0 radical (unpaired) electrons. The molecule has 1 heterocycles. The Morgan fingerprint density at radius 1 is 1.33 bits per heavy atom. The fraction of sp³-hybridized carbons (Fsp3) is 1.00. The van der Waals surface area contributed by atoms with E-state index in [0.29, 0.717) is 5.41 Å². The lowest BCUT2D eigenvalue weighted by Gasteiger charge is -2.50. The zero-order valence-electron chi connectivity index (χ0n) is 9.96. The summed E-state index contributed by atoms with van der Waals surface area (Å²) in [5, 5.41) is 10.1. The van der Waals surface area contributed by atoms with Crippen LogP contribution in [-0.2, 0) is 0 Å². The molecule has 1 saturated carbocycles. The number of nitrogens with zero attached hydrogens (tertiary/aromatic N) is 1. The van der Waals surface area contributed by atoms with Gasteiger partial charge in [-0.05, 0) is 31.4 Å². The normalized spacial score (nSPS) is 29.0. The molecule has 1 aliphatic carbocycles. The van der Waals surface area contributed by atoms with E-state index in [2.05, 4.69) is 11.2 Å². The van der Waals surface area contributed by atoms with E-state index in [1.165, 1.54) is 38.8 Å². The molecule has 0 bridgehead atoms. The van der Waals surface area contributed by atoms with E-state index in [4.69, 9.17) is 0 Å². The summed E-state index contributed by atoms with van der Waals surface area (Å²) in [6.07, 6.45) is 7.76. The Balaban J connectivity index is 1.75. The van der Waals surface area contributed by atoms with Gasteiger partial charge in [-0.2, -0.15) is 11.8 Å². The minimum Gasteiger partial charge on any atom is -0.388 e. The summed E-state index contributed by atoms with van der Waals surface area (Å²) < 4.78 is 0.